The first-order valence-electron chi connectivity index (χ1n) is 8.30. The summed E-state index contributed by atoms with van der Waals surface area (Å²) < 4.78 is 6.51. The number of ether oxygens (including phenoxy) is 1. The lowest BCUT2D eigenvalue weighted by atomic mass is 10.1. The van der Waals surface area contributed by atoms with Gasteiger partial charge in [0.1, 0.15) is 18.3 Å². The van der Waals surface area contributed by atoms with E-state index in [1.807, 2.05) is 0 Å². The third kappa shape index (κ3) is 3.92. The van der Waals surface area contributed by atoms with E-state index in [-0.39, 0.29) is 12.5 Å². The summed E-state index contributed by atoms with van der Waals surface area (Å²) in [6.07, 6.45) is -3.65. The van der Waals surface area contributed by atoms with Crippen molar-refractivity contribution >= 4 is 11.6 Å². The number of amides is 1. The lowest BCUT2D eigenvalue weighted by Crippen LogP contribution is -2.40. The molecule has 1 fully saturated rings. The van der Waals surface area contributed by atoms with Crippen molar-refractivity contribution in [3.63, 3.8) is 0 Å². The van der Waals surface area contributed by atoms with E-state index in [0.29, 0.717) is 5.56 Å². The van der Waals surface area contributed by atoms with Crippen LogP contribution in [0.25, 0.3) is 0 Å². The van der Waals surface area contributed by atoms with Crippen LogP contribution in [0.1, 0.15) is 16.6 Å². The monoisotopic (exact) mass is 376 g/mol. The molecule has 4 atom stereocenters. The molecule has 10 heteroatoms. The number of hydrogen-bond donors (Lipinski definition) is 5. The largest absolute Gasteiger partial charge is 0.388 e. The SMILES string of the molecule is CNc1ccc(C(=O)NC[C@H]2O[C@@H](n3ccc(=O)[nH]c3=O)[C@H](O)[C@@H]2O)cc1. The minimum atomic E-state index is -1.40. The van der Waals surface area contributed by atoms with Gasteiger partial charge in [0.2, 0.25) is 0 Å². The zero-order chi connectivity index (χ0) is 19.6. The number of benzene rings is 1. The lowest BCUT2D eigenvalue weighted by Gasteiger charge is -2.16. The molecule has 5 N–H and O–H groups in total. The van der Waals surface area contributed by atoms with Gasteiger partial charge in [-0.15, -0.1) is 0 Å². The molecule has 1 aliphatic heterocycles. The first kappa shape index (κ1) is 18.8. The van der Waals surface area contributed by atoms with E-state index in [1.54, 1.807) is 31.3 Å². The van der Waals surface area contributed by atoms with Gasteiger partial charge in [0.15, 0.2) is 6.23 Å². The highest BCUT2D eigenvalue weighted by molar-refractivity contribution is 5.94. The van der Waals surface area contributed by atoms with Crippen molar-refractivity contribution < 1.29 is 19.7 Å². The molecule has 0 spiro atoms. The topological polar surface area (TPSA) is 146 Å². The number of carbonyl (C=O) groups is 1. The standard InChI is InChI=1S/C17H20N4O6/c1-18-10-4-2-9(3-5-10)15(25)19-8-11-13(23)14(24)16(27-11)21-7-6-12(22)20-17(21)26/h2-7,11,13-14,16,18,23-24H,8H2,1H3,(H,19,25)(H,20,22,26)/t11-,13-,14-,16-/m1/s1. The number of H-pyrrole nitrogens is 1. The predicted octanol–water partition coefficient (Wildman–Crippen LogP) is -1.37. The van der Waals surface area contributed by atoms with Gasteiger partial charge in [-0.2, -0.15) is 0 Å². The lowest BCUT2D eigenvalue weighted by molar-refractivity contribution is -0.0387. The Morgan fingerprint density at radius 1 is 1.19 bits per heavy atom. The number of aromatic amines is 1. The Bertz CT molecular complexity index is 922. The maximum absolute atomic E-state index is 12.2. The summed E-state index contributed by atoms with van der Waals surface area (Å²) in [5.41, 5.74) is -0.0701. The predicted molar refractivity (Wildman–Crippen MR) is 95.6 cm³/mol. The zero-order valence-electron chi connectivity index (χ0n) is 14.5. The van der Waals surface area contributed by atoms with Gasteiger partial charge in [0, 0.05) is 37.1 Å². The number of aromatic nitrogens is 2. The Labute approximate surface area is 153 Å². The fourth-order valence-electron chi connectivity index (χ4n) is 2.84. The van der Waals surface area contributed by atoms with Crippen molar-refractivity contribution in [2.75, 3.05) is 18.9 Å². The van der Waals surface area contributed by atoms with E-state index in [4.69, 9.17) is 4.74 Å². The van der Waals surface area contributed by atoms with Gasteiger partial charge in [0.25, 0.3) is 11.5 Å². The number of nitrogens with zero attached hydrogens (tertiary/aromatic N) is 1. The Morgan fingerprint density at radius 2 is 1.89 bits per heavy atom. The van der Waals surface area contributed by atoms with Crippen LogP contribution in [0.5, 0.6) is 0 Å². The molecule has 10 nitrogen and oxygen atoms in total. The highest BCUT2D eigenvalue weighted by Gasteiger charge is 2.44. The van der Waals surface area contributed by atoms with Crippen LogP contribution in [0.4, 0.5) is 5.69 Å². The van der Waals surface area contributed by atoms with Crippen LogP contribution < -0.4 is 21.9 Å². The summed E-state index contributed by atoms with van der Waals surface area (Å²) in [5, 5.41) is 25.9. The molecule has 2 heterocycles. The highest BCUT2D eigenvalue weighted by atomic mass is 16.6. The third-order valence-electron chi connectivity index (χ3n) is 4.36. The van der Waals surface area contributed by atoms with Gasteiger partial charge in [-0.25, -0.2) is 4.79 Å². The molecule has 27 heavy (non-hydrogen) atoms. The van der Waals surface area contributed by atoms with Crippen molar-refractivity contribution in [2.45, 2.75) is 24.5 Å². The number of rotatable bonds is 5. The maximum Gasteiger partial charge on any atom is 0.330 e. The number of aliphatic hydroxyl groups is 2. The molecule has 144 valence electrons. The van der Waals surface area contributed by atoms with E-state index in [9.17, 15) is 24.6 Å². The van der Waals surface area contributed by atoms with E-state index in [0.717, 1.165) is 16.3 Å². The van der Waals surface area contributed by atoms with Gasteiger partial charge >= 0.3 is 5.69 Å². The Morgan fingerprint density at radius 3 is 2.52 bits per heavy atom. The molecule has 1 amide bonds. The van der Waals surface area contributed by atoms with Crippen molar-refractivity contribution in [3.05, 3.63) is 62.9 Å². The molecule has 1 aliphatic rings. The van der Waals surface area contributed by atoms with Crippen LogP contribution in [0.3, 0.4) is 0 Å². The van der Waals surface area contributed by atoms with Crippen LogP contribution in [0, 0.1) is 0 Å². The molecule has 1 saturated heterocycles. The molecule has 1 aromatic heterocycles. The molecule has 1 aromatic carbocycles. The molecule has 0 radical (unpaired) electrons. The molecule has 0 aliphatic carbocycles. The molecular formula is C17H20N4O6. The highest BCUT2D eigenvalue weighted by Crippen LogP contribution is 2.27. The molecule has 0 bridgehead atoms. The number of nitrogens with one attached hydrogen (secondary N) is 3. The molecule has 3 rings (SSSR count). The Balaban J connectivity index is 1.66. The molecular weight excluding hydrogens is 356 g/mol. The Hall–Kier alpha value is -2.95. The van der Waals surface area contributed by atoms with Gasteiger partial charge in [0.05, 0.1) is 0 Å². The summed E-state index contributed by atoms with van der Waals surface area (Å²) in [6.45, 7) is -0.0700. The minimum absolute atomic E-state index is 0.0700. The summed E-state index contributed by atoms with van der Waals surface area (Å²) in [7, 11) is 1.77. The van der Waals surface area contributed by atoms with Gasteiger partial charge in [-0.3, -0.25) is 19.1 Å². The van der Waals surface area contributed by atoms with Crippen LogP contribution >= 0.6 is 0 Å². The van der Waals surface area contributed by atoms with Crippen molar-refractivity contribution in [1.82, 2.24) is 14.9 Å². The van der Waals surface area contributed by atoms with Crippen LogP contribution in [-0.2, 0) is 4.74 Å². The molecule has 0 unspecified atom stereocenters. The van der Waals surface area contributed by atoms with Crippen LogP contribution in [0.15, 0.2) is 46.1 Å². The summed E-state index contributed by atoms with van der Waals surface area (Å²) in [6, 6.07) is 7.89. The second-order valence-electron chi connectivity index (χ2n) is 6.10. The summed E-state index contributed by atoms with van der Waals surface area (Å²) >= 11 is 0. The van der Waals surface area contributed by atoms with E-state index < -0.39 is 35.8 Å². The first-order chi connectivity index (χ1) is 12.9. The smallest absolute Gasteiger partial charge is 0.330 e. The van der Waals surface area contributed by atoms with Crippen molar-refractivity contribution in [2.24, 2.45) is 0 Å². The third-order valence-corrected chi connectivity index (χ3v) is 4.36. The van der Waals surface area contributed by atoms with Gasteiger partial charge < -0.3 is 25.6 Å². The number of anilines is 1. The Kier molecular flexibility index (Phi) is 5.40. The van der Waals surface area contributed by atoms with Crippen LogP contribution in [0.2, 0.25) is 0 Å². The van der Waals surface area contributed by atoms with Crippen molar-refractivity contribution in [3.8, 4) is 0 Å². The van der Waals surface area contributed by atoms with E-state index in [1.165, 1.54) is 6.20 Å². The summed E-state index contributed by atoms with van der Waals surface area (Å²) in [4.78, 5) is 37.3. The second kappa shape index (κ2) is 7.74. The number of aliphatic hydroxyl groups excluding tert-OH is 2. The fourth-order valence-corrected chi connectivity index (χ4v) is 2.84. The molecule has 2 aromatic rings. The van der Waals surface area contributed by atoms with Crippen molar-refractivity contribution in [1.29, 1.82) is 0 Å². The minimum Gasteiger partial charge on any atom is -0.388 e. The average molecular weight is 376 g/mol. The zero-order valence-corrected chi connectivity index (χ0v) is 14.5. The molecule has 0 saturated carbocycles. The van der Waals surface area contributed by atoms with E-state index in [2.05, 4.69) is 15.6 Å². The maximum atomic E-state index is 12.2. The number of carbonyl (C=O) groups excluding carboxylic acids is 1. The average Bonchev–Trinajstić information content (AvgIpc) is 2.94. The quantitative estimate of drug-likeness (QED) is 0.433. The summed E-state index contributed by atoms with van der Waals surface area (Å²) in [5.74, 6) is -0.368. The normalized spacial score (nSPS) is 24.6. The first-order valence-corrected chi connectivity index (χ1v) is 8.30. The fraction of sp³-hybridized carbons (Fsp3) is 0.353. The second-order valence-corrected chi connectivity index (χ2v) is 6.10. The van der Waals surface area contributed by atoms with Crippen LogP contribution in [-0.4, -0.2) is 57.6 Å². The van der Waals surface area contributed by atoms with Gasteiger partial charge in [-0.1, -0.05) is 0 Å². The van der Waals surface area contributed by atoms with E-state index >= 15 is 0 Å². The number of hydrogen-bond acceptors (Lipinski definition) is 7. The van der Waals surface area contributed by atoms with Gasteiger partial charge in [-0.05, 0) is 24.3 Å².